The SMILES string of the molecule is Cc1cc(Cl)cc(C(=O)N2C[C@@H](O)[C@H](NC(=O)c3c(F)ccc(C)c3F)C2)c1. The fourth-order valence-electron chi connectivity index (χ4n) is 3.24. The first kappa shape index (κ1) is 20.2. The third-order valence-electron chi connectivity index (χ3n) is 4.69. The number of aryl methyl sites for hydroxylation is 2. The summed E-state index contributed by atoms with van der Waals surface area (Å²) < 4.78 is 28.1. The number of likely N-dealkylation sites (tertiary alicyclic amines) is 1. The minimum absolute atomic E-state index is 0.00630. The number of carbonyl (C=O) groups excluding carboxylic acids is 2. The number of rotatable bonds is 3. The predicted octanol–water partition coefficient (Wildman–Crippen LogP) is 2.85. The van der Waals surface area contributed by atoms with E-state index in [1.807, 2.05) is 0 Å². The second-order valence-electron chi connectivity index (χ2n) is 6.93. The zero-order chi connectivity index (χ0) is 20.6. The Morgan fingerprint density at radius 3 is 2.57 bits per heavy atom. The van der Waals surface area contributed by atoms with E-state index >= 15 is 0 Å². The van der Waals surface area contributed by atoms with Crippen molar-refractivity contribution in [3.05, 3.63) is 69.2 Å². The Hall–Kier alpha value is -2.51. The number of nitrogens with zero attached hydrogens (tertiary/aromatic N) is 1. The maximum Gasteiger partial charge on any atom is 0.257 e. The highest BCUT2D eigenvalue weighted by Gasteiger charge is 2.36. The van der Waals surface area contributed by atoms with Crippen LogP contribution >= 0.6 is 11.6 Å². The van der Waals surface area contributed by atoms with Crippen molar-refractivity contribution in [2.24, 2.45) is 0 Å². The van der Waals surface area contributed by atoms with E-state index in [1.54, 1.807) is 19.1 Å². The van der Waals surface area contributed by atoms with Crippen LogP contribution in [0.4, 0.5) is 8.78 Å². The molecule has 1 saturated heterocycles. The molecule has 28 heavy (non-hydrogen) atoms. The van der Waals surface area contributed by atoms with Crippen LogP contribution in [-0.2, 0) is 0 Å². The number of β-amino-alcohol motifs (C(OH)–C–C–N with tert-alkyl or cyclic N) is 1. The Morgan fingerprint density at radius 1 is 1.18 bits per heavy atom. The Bertz CT molecular complexity index is 931. The molecule has 0 saturated carbocycles. The number of aliphatic hydroxyl groups is 1. The summed E-state index contributed by atoms with van der Waals surface area (Å²) in [6, 6.07) is 6.30. The molecule has 1 heterocycles. The van der Waals surface area contributed by atoms with E-state index in [2.05, 4.69) is 5.32 Å². The van der Waals surface area contributed by atoms with Crippen molar-refractivity contribution in [3.8, 4) is 0 Å². The van der Waals surface area contributed by atoms with Gasteiger partial charge in [0.2, 0.25) is 0 Å². The smallest absolute Gasteiger partial charge is 0.257 e. The highest BCUT2D eigenvalue weighted by atomic mass is 35.5. The summed E-state index contributed by atoms with van der Waals surface area (Å²) in [5.74, 6) is -3.27. The lowest BCUT2D eigenvalue weighted by Crippen LogP contribution is -2.43. The van der Waals surface area contributed by atoms with Crippen molar-refractivity contribution in [1.29, 1.82) is 0 Å². The van der Waals surface area contributed by atoms with Gasteiger partial charge in [0.05, 0.1) is 12.1 Å². The lowest BCUT2D eigenvalue weighted by molar-refractivity contribution is 0.0765. The van der Waals surface area contributed by atoms with Crippen LogP contribution in [-0.4, -0.2) is 47.1 Å². The van der Waals surface area contributed by atoms with Crippen molar-refractivity contribution in [1.82, 2.24) is 10.2 Å². The molecule has 0 spiro atoms. The number of hydrogen-bond acceptors (Lipinski definition) is 3. The van der Waals surface area contributed by atoms with Gasteiger partial charge in [0, 0.05) is 23.7 Å². The molecule has 0 unspecified atom stereocenters. The highest BCUT2D eigenvalue weighted by Crippen LogP contribution is 2.21. The average Bonchev–Trinajstić information content (AvgIpc) is 2.97. The van der Waals surface area contributed by atoms with Gasteiger partial charge in [0.15, 0.2) is 0 Å². The summed E-state index contributed by atoms with van der Waals surface area (Å²) >= 11 is 5.99. The van der Waals surface area contributed by atoms with Gasteiger partial charge in [-0.15, -0.1) is 0 Å². The van der Waals surface area contributed by atoms with Crippen LogP contribution in [0.5, 0.6) is 0 Å². The van der Waals surface area contributed by atoms with E-state index in [0.29, 0.717) is 10.6 Å². The fraction of sp³-hybridized carbons (Fsp3) is 0.300. The van der Waals surface area contributed by atoms with Gasteiger partial charge in [-0.25, -0.2) is 8.78 Å². The molecule has 2 atom stereocenters. The van der Waals surface area contributed by atoms with Gasteiger partial charge >= 0.3 is 0 Å². The Kier molecular flexibility index (Phi) is 5.67. The Balaban J connectivity index is 1.74. The lowest BCUT2D eigenvalue weighted by Gasteiger charge is -2.18. The summed E-state index contributed by atoms with van der Waals surface area (Å²) in [7, 11) is 0. The standard InChI is InChI=1S/C20H19ClF2N2O3/c1-10-5-12(7-13(21)6-10)20(28)25-8-15(16(26)9-25)24-19(27)17-14(22)4-3-11(2)18(17)23/h3-7,15-16,26H,8-9H2,1-2H3,(H,24,27)/t15-,16-/m1/s1. The molecular formula is C20H19ClF2N2O3. The Labute approximate surface area is 165 Å². The van der Waals surface area contributed by atoms with Crippen molar-refractivity contribution in [3.63, 3.8) is 0 Å². The van der Waals surface area contributed by atoms with Gasteiger partial charge in [-0.2, -0.15) is 0 Å². The van der Waals surface area contributed by atoms with E-state index in [4.69, 9.17) is 11.6 Å². The molecule has 0 bridgehead atoms. The molecule has 0 aliphatic carbocycles. The van der Waals surface area contributed by atoms with Gasteiger partial charge in [-0.1, -0.05) is 17.7 Å². The van der Waals surface area contributed by atoms with Crippen molar-refractivity contribution in [2.45, 2.75) is 26.0 Å². The molecular weight excluding hydrogens is 390 g/mol. The summed E-state index contributed by atoms with van der Waals surface area (Å²) in [5, 5.41) is 13.1. The van der Waals surface area contributed by atoms with E-state index in [1.165, 1.54) is 24.0 Å². The summed E-state index contributed by atoms with van der Waals surface area (Å²) in [6.07, 6.45) is -1.07. The van der Waals surface area contributed by atoms with E-state index in [9.17, 15) is 23.5 Å². The summed E-state index contributed by atoms with van der Waals surface area (Å²) in [5.41, 5.74) is 0.597. The molecule has 0 aromatic heterocycles. The second kappa shape index (κ2) is 7.85. The highest BCUT2D eigenvalue weighted by molar-refractivity contribution is 6.31. The minimum Gasteiger partial charge on any atom is -0.389 e. The first-order valence-electron chi connectivity index (χ1n) is 8.67. The van der Waals surface area contributed by atoms with Gasteiger partial charge in [0.25, 0.3) is 11.8 Å². The molecule has 2 N–H and O–H groups in total. The number of benzene rings is 2. The lowest BCUT2D eigenvalue weighted by atomic mass is 10.1. The van der Waals surface area contributed by atoms with Gasteiger partial charge in [-0.05, 0) is 49.2 Å². The normalized spacial score (nSPS) is 19.0. The number of carbonyl (C=O) groups is 2. The first-order valence-corrected chi connectivity index (χ1v) is 9.05. The zero-order valence-corrected chi connectivity index (χ0v) is 16.1. The number of hydrogen-bond donors (Lipinski definition) is 2. The molecule has 0 radical (unpaired) electrons. The molecule has 2 aromatic carbocycles. The second-order valence-corrected chi connectivity index (χ2v) is 7.36. The molecule has 1 aliphatic rings. The quantitative estimate of drug-likeness (QED) is 0.820. The number of nitrogens with one attached hydrogen (secondary N) is 1. The molecule has 1 aliphatic heterocycles. The molecule has 8 heteroatoms. The Morgan fingerprint density at radius 2 is 1.89 bits per heavy atom. The monoisotopic (exact) mass is 408 g/mol. The molecule has 2 amide bonds. The van der Waals surface area contributed by atoms with E-state index in [0.717, 1.165) is 11.6 Å². The molecule has 148 valence electrons. The molecule has 1 fully saturated rings. The third kappa shape index (κ3) is 4.00. The van der Waals surface area contributed by atoms with Gasteiger partial charge in [-0.3, -0.25) is 9.59 Å². The van der Waals surface area contributed by atoms with Crippen LogP contribution in [0.1, 0.15) is 31.8 Å². The maximum atomic E-state index is 14.1. The van der Waals surface area contributed by atoms with Crippen molar-refractivity contribution >= 4 is 23.4 Å². The van der Waals surface area contributed by atoms with Crippen LogP contribution in [0.15, 0.2) is 30.3 Å². The molecule has 5 nitrogen and oxygen atoms in total. The zero-order valence-electron chi connectivity index (χ0n) is 15.3. The van der Waals surface area contributed by atoms with Crippen molar-refractivity contribution < 1.29 is 23.5 Å². The topological polar surface area (TPSA) is 69.6 Å². The van der Waals surface area contributed by atoms with Gasteiger partial charge in [0.1, 0.15) is 17.2 Å². The van der Waals surface area contributed by atoms with Crippen LogP contribution in [0.2, 0.25) is 5.02 Å². The minimum atomic E-state index is -1.07. The largest absolute Gasteiger partial charge is 0.389 e. The van der Waals surface area contributed by atoms with Crippen LogP contribution < -0.4 is 5.32 Å². The fourth-order valence-corrected chi connectivity index (χ4v) is 3.53. The molecule has 2 aromatic rings. The summed E-state index contributed by atoms with van der Waals surface area (Å²) in [4.78, 5) is 26.4. The average molecular weight is 409 g/mol. The summed E-state index contributed by atoms with van der Waals surface area (Å²) in [6.45, 7) is 3.21. The van der Waals surface area contributed by atoms with E-state index in [-0.39, 0.29) is 24.6 Å². The number of aliphatic hydroxyl groups excluding tert-OH is 1. The van der Waals surface area contributed by atoms with Crippen LogP contribution in [0.3, 0.4) is 0 Å². The molecule has 3 rings (SSSR count). The number of amides is 2. The third-order valence-corrected chi connectivity index (χ3v) is 4.91. The van der Waals surface area contributed by atoms with Crippen LogP contribution in [0.25, 0.3) is 0 Å². The number of halogens is 3. The van der Waals surface area contributed by atoms with Gasteiger partial charge < -0.3 is 15.3 Å². The van der Waals surface area contributed by atoms with Crippen LogP contribution in [0, 0.1) is 25.5 Å². The van der Waals surface area contributed by atoms with Crippen molar-refractivity contribution in [2.75, 3.05) is 13.1 Å². The van der Waals surface area contributed by atoms with E-state index < -0.39 is 35.3 Å². The first-order chi connectivity index (χ1) is 13.2. The predicted molar refractivity (Wildman–Crippen MR) is 100 cm³/mol. The maximum absolute atomic E-state index is 14.1.